The van der Waals surface area contributed by atoms with Crippen LogP contribution in [0.15, 0.2) is 46.1 Å². The molecule has 0 aromatic carbocycles. The molecule has 0 fully saturated rings. The van der Waals surface area contributed by atoms with Crippen LogP contribution in [0.1, 0.15) is 73.9 Å². The van der Waals surface area contributed by atoms with Gasteiger partial charge in [0.1, 0.15) is 0 Å². The summed E-state index contributed by atoms with van der Waals surface area (Å²) in [6, 6.07) is 0. The molecule has 0 N–H and O–H groups in total. The Morgan fingerprint density at radius 3 is 2.03 bits per heavy atom. The summed E-state index contributed by atoms with van der Waals surface area (Å²) in [7, 11) is -2.53. The number of aromatic nitrogens is 1. The average molecular weight is 390 g/mol. The molecule has 0 saturated carbocycles. The first kappa shape index (κ1) is 17.7. The van der Waals surface area contributed by atoms with E-state index in [-0.39, 0.29) is 11.8 Å². The van der Waals surface area contributed by atoms with Crippen molar-refractivity contribution in [3.8, 4) is 0 Å². The van der Waals surface area contributed by atoms with E-state index in [2.05, 4.69) is 31.2 Å². The summed E-state index contributed by atoms with van der Waals surface area (Å²) in [5.74, 6) is 1.36. The van der Waals surface area contributed by atoms with Gasteiger partial charge in [0.15, 0.2) is 0 Å². The Bertz CT molecular complexity index is 1100. The third-order valence-corrected chi connectivity index (χ3v) is 7.87. The lowest BCUT2D eigenvalue weighted by atomic mass is 9.69. The second kappa shape index (κ2) is 5.93. The molecular weight excluding hydrogens is 365 g/mol. The smallest absolute Gasteiger partial charge is 0.329 e. The maximum Gasteiger partial charge on any atom is 0.677 e. The second-order valence-electron chi connectivity index (χ2n) is 9.26. The van der Waals surface area contributed by atoms with Gasteiger partial charge < -0.3 is 4.48 Å². The van der Waals surface area contributed by atoms with Crippen LogP contribution in [0.25, 0.3) is 5.57 Å². The predicted octanol–water partition coefficient (Wildman–Crippen LogP) is 6.20. The van der Waals surface area contributed by atoms with Gasteiger partial charge in [-0.2, -0.15) is 0 Å². The lowest BCUT2D eigenvalue weighted by molar-refractivity contribution is 0.501. The SMILES string of the molecule is CC1=N/C(=C(/C)c2c3c(c(C)n2B(F)F)[C@@H]2C=C[C@H]3CC2)C2=C1[C@@H]1C=C[C@H]2CC1. The maximum absolute atomic E-state index is 14.3. The van der Waals surface area contributed by atoms with Crippen LogP contribution in [0.4, 0.5) is 8.63 Å². The van der Waals surface area contributed by atoms with Crippen LogP contribution in [-0.4, -0.2) is 17.6 Å². The Labute approximate surface area is 171 Å². The molecule has 4 bridgehead atoms. The highest BCUT2D eigenvalue weighted by Gasteiger charge is 2.42. The highest BCUT2D eigenvalue weighted by molar-refractivity contribution is 6.41. The van der Waals surface area contributed by atoms with Gasteiger partial charge in [0.2, 0.25) is 0 Å². The van der Waals surface area contributed by atoms with Crippen LogP contribution in [-0.2, 0) is 0 Å². The molecule has 8 rings (SSSR count). The van der Waals surface area contributed by atoms with E-state index >= 15 is 0 Å². The van der Waals surface area contributed by atoms with Gasteiger partial charge in [0.05, 0.1) is 5.70 Å². The minimum atomic E-state index is -2.53. The van der Waals surface area contributed by atoms with Crippen molar-refractivity contribution >= 4 is 18.7 Å². The van der Waals surface area contributed by atoms with Crippen molar-refractivity contribution < 1.29 is 8.63 Å². The van der Waals surface area contributed by atoms with Crippen LogP contribution >= 0.6 is 0 Å². The van der Waals surface area contributed by atoms with Gasteiger partial charge >= 0.3 is 7.40 Å². The molecule has 4 atom stereocenters. The quantitative estimate of drug-likeness (QED) is 0.423. The monoisotopic (exact) mass is 390 g/mol. The molecule has 5 heteroatoms. The van der Waals surface area contributed by atoms with Crippen LogP contribution in [0.2, 0.25) is 0 Å². The largest absolute Gasteiger partial charge is 0.677 e. The summed E-state index contributed by atoms with van der Waals surface area (Å²) < 4.78 is 29.9. The molecule has 1 aliphatic heterocycles. The number of aliphatic imine (C=N–C) groups is 1. The van der Waals surface area contributed by atoms with E-state index in [9.17, 15) is 8.63 Å². The molecule has 1 aromatic heterocycles. The van der Waals surface area contributed by atoms with Crippen LogP contribution in [0, 0.1) is 18.8 Å². The van der Waals surface area contributed by atoms with E-state index in [0.29, 0.717) is 11.8 Å². The van der Waals surface area contributed by atoms with Crippen molar-refractivity contribution in [1.29, 1.82) is 0 Å². The van der Waals surface area contributed by atoms with E-state index < -0.39 is 7.40 Å². The van der Waals surface area contributed by atoms with E-state index in [1.54, 1.807) is 0 Å². The molecule has 29 heavy (non-hydrogen) atoms. The standard InChI is InChI=1S/C24H25BF2N2/c1-12(23-21-17-8-4-15(5-9-17)19(21)13(2)28-23)24-22-18-10-6-16(7-11-18)20(22)14(3)29(24)25(26)27/h4,6,8,10,15-18H,5,7,9,11H2,1-3H3/b23-12-/t15-,16-,17+,18+/m1/s1. The molecule has 0 saturated heterocycles. The summed E-state index contributed by atoms with van der Waals surface area (Å²) in [4.78, 5) is 4.98. The van der Waals surface area contributed by atoms with Crippen LogP contribution < -0.4 is 0 Å². The van der Waals surface area contributed by atoms with E-state index in [0.717, 1.165) is 58.8 Å². The molecular formula is C24H25BF2N2. The third-order valence-electron chi connectivity index (χ3n) is 7.87. The third kappa shape index (κ3) is 2.19. The first-order valence-electron chi connectivity index (χ1n) is 10.9. The summed E-state index contributed by atoms with van der Waals surface area (Å²) in [6.45, 7) is 5.98. The van der Waals surface area contributed by atoms with Crippen LogP contribution in [0.5, 0.6) is 0 Å². The Morgan fingerprint density at radius 2 is 1.45 bits per heavy atom. The zero-order valence-electron chi connectivity index (χ0n) is 17.2. The van der Waals surface area contributed by atoms with E-state index in [1.165, 1.54) is 22.0 Å². The maximum atomic E-state index is 14.3. The van der Waals surface area contributed by atoms with E-state index in [1.807, 2.05) is 13.8 Å². The lowest BCUT2D eigenvalue weighted by Gasteiger charge is -2.34. The van der Waals surface area contributed by atoms with Gasteiger partial charge in [-0.15, -0.1) is 0 Å². The second-order valence-corrected chi connectivity index (χ2v) is 9.26. The normalized spacial score (nSPS) is 32.7. The van der Waals surface area contributed by atoms with Gasteiger partial charge in [0.25, 0.3) is 0 Å². The molecule has 0 spiro atoms. The predicted molar refractivity (Wildman–Crippen MR) is 114 cm³/mol. The average Bonchev–Trinajstić information content (AvgIpc) is 3.27. The Balaban J connectivity index is 1.62. The molecule has 6 aliphatic carbocycles. The number of hydrogen-bond acceptors (Lipinski definition) is 1. The topological polar surface area (TPSA) is 17.3 Å². The first-order valence-corrected chi connectivity index (χ1v) is 10.9. The minimum absolute atomic E-state index is 0.252. The molecule has 0 amide bonds. The number of halogens is 2. The van der Waals surface area contributed by atoms with Crippen molar-refractivity contribution in [2.75, 3.05) is 0 Å². The van der Waals surface area contributed by atoms with Crippen molar-refractivity contribution in [1.82, 2.24) is 4.48 Å². The number of fused-ring (bicyclic) bond motifs is 2. The van der Waals surface area contributed by atoms with E-state index in [4.69, 9.17) is 4.99 Å². The minimum Gasteiger partial charge on any atom is -0.329 e. The molecule has 2 nitrogen and oxygen atoms in total. The molecule has 1 aromatic rings. The molecule has 2 heterocycles. The van der Waals surface area contributed by atoms with Gasteiger partial charge in [-0.3, -0.25) is 13.6 Å². The molecule has 0 unspecified atom stereocenters. The fourth-order valence-electron chi connectivity index (χ4n) is 6.67. The Kier molecular flexibility index (Phi) is 3.61. The van der Waals surface area contributed by atoms with Gasteiger partial charge in [-0.1, -0.05) is 24.3 Å². The Hall–Kier alpha value is -2.17. The Morgan fingerprint density at radius 1 is 0.897 bits per heavy atom. The van der Waals surface area contributed by atoms with Gasteiger partial charge in [0, 0.05) is 40.8 Å². The summed E-state index contributed by atoms with van der Waals surface area (Å²) in [5.41, 5.74) is 9.41. The van der Waals surface area contributed by atoms with Crippen molar-refractivity contribution in [2.45, 2.75) is 58.3 Å². The highest BCUT2D eigenvalue weighted by atomic mass is 19.2. The van der Waals surface area contributed by atoms with Crippen molar-refractivity contribution in [3.63, 3.8) is 0 Å². The fraction of sp³-hybridized carbons (Fsp3) is 0.458. The van der Waals surface area contributed by atoms with Gasteiger partial charge in [-0.25, -0.2) is 0 Å². The van der Waals surface area contributed by atoms with Crippen molar-refractivity contribution in [3.05, 3.63) is 63.7 Å². The summed E-state index contributed by atoms with van der Waals surface area (Å²) in [5, 5.41) is 0. The number of nitrogens with zero attached hydrogens (tertiary/aromatic N) is 2. The number of rotatable bonds is 2. The number of hydrogen-bond donors (Lipinski definition) is 0. The number of allylic oxidation sites excluding steroid dienone is 7. The molecule has 148 valence electrons. The zero-order chi connectivity index (χ0) is 20.0. The fourth-order valence-corrected chi connectivity index (χ4v) is 6.67. The molecule has 7 aliphatic rings. The van der Waals surface area contributed by atoms with Gasteiger partial charge in [-0.05, 0) is 74.3 Å². The lowest BCUT2D eigenvalue weighted by Crippen LogP contribution is -2.23. The highest BCUT2D eigenvalue weighted by Crippen LogP contribution is 2.53. The van der Waals surface area contributed by atoms with Crippen molar-refractivity contribution in [2.24, 2.45) is 16.8 Å². The summed E-state index contributed by atoms with van der Waals surface area (Å²) in [6.07, 6.45) is 13.5. The molecule has 0 radical (unpaired) electrons. The van der Waals surface area contributed by atoms with Crippen LogP contribution in [0.3, 0.4) is 0 Å². The zero-order valence-corrected chi connectivity index (χ0v) is 17.2. The first-order chi connectivity index (χ1) is 14.0. The summed E-state index contributed by atoms with van der Waals surface area (Å²) >= 11 is 0.